The SMILES string of the molecule is COC(=O)C(C)(COc1ccccc1)NCc1cc2c(cc1Br)OCCO2. The Morgan fingerprint density at radius 3 is 2.52 bits per heavy atom. The third-order valence-corrected chi connectivity index (χ3v) is 5.03. The Kier molecular flexibility index (Phi) is 6.23. The highest BCUT2D eigenvalue weighted by Gasteiger charge is 2.35. The van der Waals surface area contributed by atoms with Crippen molar-refractivity contribution < 1.29 is 23.7 Å². The standard InChI is InChI=1S/C20H22BrNO5/c1-20(19(23)24-2,13-27-15-6-4-3-5-7-15)22-12-14-10-17-18(11-16(14)21)26-9-8-25-17/h3-7,10-11,22H,8-9,12-13H2,1-2H3. The molecular formula is C20H22BrNO5. The zero-order chi connectivity index (χ0) is 19.3. The average molecular weight is 436 g/mol. The Morgan fingerprint density at radius 2 is 1.85 bits per heavy atom. The molecule has 1 N–H and O–H groups in total. The van der Waals surface area contributed by atoms with E-state index in [4.69, 9.17) is 18.9 Å². The molecule has 0 aromatic heterocycles. The summed E-state index contributed by atoms with van der Waals surface area (Å²) >= 11 is 3.55. The van der Waals surface area contributed by atoms with Crippen molar-refractivity contribution in [3.63, 3.8) is 0 Å². The van der Waals surface area contributed by atoms with Crippen LogP contribution in [0.15, 0.2) is 46.9 Å². The Balaban J connectivity index is 1.72. The van der Waals surface area contributed by atoms with Gasteiger partial charge in [-0.1, -0.05) is 34.1 Å². The molecule has 0 bridgehead atoms. The van der Waals surface area contributed by atoms with Crippen LogP contribution in [0.3, 0.4) is 0 Å². The van der Waals surface area contributed by atoms with Crippen molar-refractivity contribution in [2.75, 3.05) is 26.9 Å². The van der Waals surface area contributed by atoms with Crippen LogP contribution in [0, 0.1) is 0 Å². The maximum absolute atomic E-state index is 12.4. The van der Waals surface area contributed by atoms with Gasteiger partial charge < -0.3 is 18.9 Å². The number of carbonyl (C=O) groups excluding carboxylic acids is 1. The van der Waals surface area contributed by atoms with Gasteiger partial charge >= 0.3 is 5.97 Å². The predicted molar refractivity (Wildman–Crippen MR) is 104 cm³/mol. The van der Waals surface area contributed by atoms with E-state index in [2.05, 4.69) is 21.2 Å². The molecule has 2 aromatic carbocycles. The fourth-order valence-electron chi connectivity index (χ4n) is 2.68. The number of para-hydroxylation sites is 1. The maximum atomic E-state index is 12.4. The van der Waals surface area contributed by atoms with Crippen molar-refractivity contribution in [3.8, 4) is 17.2 Å². The van der Waals surface area contributed by atoms with Gasteiger partial charge in [0.1, 0.15) is 31.1 Å². The lowest BCUT2D eigenvalue weighted by molar-refractivity contribution is -0.149. The summed E-state index contributed by atoms with van der Waals surface area (Å²) in [7, 11) is 1.37. The second-order valence-electron chi connectivity index (χ2n) is 6.37. The number of carbonyl (C=O) groups is 1. The summed E-state index contributed by atoms with van der Waals surface area (Å²) < 4.78 is 22.8. The highest BCUT2D eigenvalue weighted by Crippen LogP contribution is 2.35. The molecule has 0 saturated heterocycles. The topological polar surface area (TPSA) is 66.0 Å². The molecule has 7 heteroatoms. The molecule has 1 heterocycles. The maximum Gasteiger partial charge on any atom is 0.329 e. The van der Waals surface area contributed by atoms with Crippen LogP contribution in [0.1, 0.15) is 12.5 Å². The van der Waals surface area contributed by atoms with Gasteiger partial charge in [0.25, 0.3) is 0 Å². The molecule has 1 atom stereocenters. The lowest BCUT2D eigenvalue weighted by atomic mass is 10.0. The summed E-state index contributed by atoms with van der Waals surface area (Å²) in [6.07, 6.45) is 0. The number of halogens is 1. The fraction of sp³-hybridized carbons (Fsp3) is 0.350. The van der Waals surface area contributed by atoms with Crippen LogP contribution < -0.4 is 19.5 Å². The third-order valence-electron chi connectivity index (χ3n) is 4.29. The van der Waals surface area contributed by atoms with Gasteiger partial charge in [0, 0.05) is 11.0 Å². The normalized spacial score (nSPS) is 14.9. The first kappa shape index (κ1) is 19.5. The van der Waals surface area contributed by atoms with Gasteiger partial charge in [0.15, 0.2) is 11.5 Å². The Labute approximate surface area is 166 Å². The number of esters is 1. The summed E-state index contributed by atoms with van der Waals surface area (Å²) in [6, 6.07) is 13.1. The largest absolute Gasteiger partial charge is 0.491 e. The van der Waals surface area contributed by atoms with Gasteiger partial charge in [-0.2, -0.15) is 0 Å². The van der Waals surface area contributed by atoms with Gasteiger partial charge in [-0.05, 0) is 36.8 Å². The summed E-state index contributed by atoms with van der Waals surface area (Å²) in [5.41, 5.74) is -0.0776. The first-order valence-corrected chi connectivity index (χ1v) is 9.40. The van der Waals surface area contributed by atoms with Gasteiger partial charge in [-0.25, -0.2) is 4.79 Å². The van der Waals surface area contributed by atoms with Crippen LogP contribution in [0.5, 0.6) is 17.2 Å². The van der Waals surface area contributed by atoms with Crippen molar-refractivity contribution in [1.82, 2.24) is 5.32 Å². The molecule has 2 aromatic rings. The number of nitrogens with one attached hydrogen (secondary N) is 1. The van der Waals surface area contributed by atoms with E-state index in [1.54, 1.807) is 6.92 Å². The van der Waals surface area contributed by atoms with Crippen molar-refractivity contribution in [1.29, 1.82) is 0 Å². The molecule has 1 aliphatic heterocycles. The molecule has 0 aliphatic carbocycles. The highest BCUT2D eigenvalue weighted by molar-refractivity contribution is 9.10. The van der Waals surface area contributed by atoms with Crippen LogP contribution >= 0.6 is 15.9 Å². The summed E-state index contributed by atoms with van der Waals surface area (Å²) in [5.74, 6) is 1.70. The number of methoxy groups -OCH3 is 1. The van der Waals surface area contributed by atoms with E-state index in [0.29, 0.717) is 37.0 Å². The molecule has 0 fully saturated rings. The zero-order valence-corrected chi connectivity index (χ0v) is 16.9. The van der Waals surface area contributed by atoms with E-state index in [1.807, 2.05) is 42.5 Å². The lowest BCUT2D eigenvalue weighted by Crippen LogP contribution is -2.54. The molecule has 0 amide bonds. The number of rotatable bonds is 7. The first-order chi connectivity index (χ1) is 13.0. The minimum Gasteiger partial charge on any atom is -0.491 e. The van der Waals surface area contributed by atoms with E-state index in [0.717, 1.165) is 10.0 Å². The number of hydrogen-bond acceptors (Lipinski definition) is 6. The number of benzene rings is 2. The first-order valence-electron chi connectivity index (χ1n) is 8.61. The number of ether oxygens (including phenoxy) is 4. The summed E-state index contributed by atoms with van der Waals surface area (Å²) in [5, 5.41) is 3.26. The Bertz CT molecular complexity index is 798. The third kappa shape index (κ3) is 4.73. The highest BCUT2D eigenvalue weighted by atomic mass is 79.9. The number of hydrogen-bond donors (Lipinski definition) is 1. The number of fused-ring (bicyclic) bond motifs is 1. The fourth-order valence-corrected chi connectivity index (χ4v) is 3.15. The van der Waals surface area contributed by atoms with Crippen molar-refractivity contribution in [2.24, 2.45) is 0 Å². The van der Waals surface area contributed by atoms with Crippen LogP contribution in [-0.2, 0) is 16.1 Å². The molecule has 1 aliphatic rings. The minimum atomic E-state index is -1.02. The van der Waals surface area contributed by atoms with Crippen molar-refractivity contribution in [3.05, 3.63) is 52.5 Å². The second-order valence-corrected chi connectivity index (χ2v) is 7.22. The molecular weight excluding hydrogens is 414 g/mol. The summed E-state index contributed by atoms with van der Waals surface area (Å²) in [6.45, 7) is 3.36. The van der Waals surface area contributed by atoms with Gasteiger partial charge in [0.2, 0.25) is 0 Å². The molecule has 3 rings (SSSR count). The van der Waals surface area contributed by atoms with Gasteiger partial charge in [-0.3, -0.25) is 5.32 Å². The monoisotopic (exact) mass is 435 g/mol. The lowest BCUT2D eigenvalue weighted by Gasteiger charge is -2.28. The Morgan fingerprint density at radius 1 is 1.19 bits per heavy atom. The molecule has 27 heavy (non-hydrogen) atoms. The Hall–Kier alpha value is -2.25. The zero-order valence-electron chi connectivity index (χ0n) is 15.3. The van der Waals surface area contributed by atoms with Crippen LogP contribution in [0.2, 0.25) is 0 Å². The van der Waals surface area contributed by atoms with Crippen LogP contribution in [0.4, 0.5) is 0 Å². The van der Waals surface area contributed by atoms with E-state index >= 15 is 0 Å². The molecule has 0 radical (unpaired) electrons. The van der Waals surface area contributed by atoms with Crippen molar-refractivity contribution >= 4 is 21.9 Å². The van der Waals surface area contributed by atoms with E-state index in [-0.39, 0.29) is 6.61 Å². The van der Waals surface area contributed by atoms with Gasteiger partial charge in [0.05, 0.1) is 7.11 Å². The van der Waals surface area contributed by atoms with E-state index in [1.165, 1.54) is 7.11 Å². The van der Waals surface area contributed by atoms with Crippen molar-refractivity contribution in [2.45, 2.75) is 19.0 Å². The molecule has 1 unspecified atom stereocenters. The quantitative estimate of drug-likeness (QED) is 0.672. The van der Waals surface area contributed by atoms with Crippen LogP contribution in [-0.4, -0.2) is 38.4 Å². The average Bonchev–Trinajstić information content (AvgIpc) is 2.71. The summed E-state index contributed by atoms with van der Waals surface area (Å²) in [4.78, 5) is 12.4. The molecule has 6 nitrogen and oxygen atoms in total. The molecule has 0 spiro atoms. The second kappa shape index (κ2) is 8.63. The molecule has 0 saturated carbocycles. The minimum absolute atomic E-state index is 0.131. The van der Waals surface area contributed by atoms with E-state index < -0.39 is 11.5 Å². The van der Waals surface area contributed by atoms with Crippen LogP contribution in [0.25, 0.3) is 0 Å². The molecule has 144 valence electrons. The van der Waals surface area contributed by atoms with Gasteiger partial charge in [-0.15, -0.1) is 0 Å². The smallest absolute Gasteiger partial charge is 0.329 e. The predicted octanol–water partition coefficient (Wildman–Crippen LogP) is 3.32. The van der Waals surface area contributed by atoms with E-state index in [9.17, 15) is 4.79 Å².